The maximum absolute atomic E-state index is 12.6. The van der Waals surface area contributed by atoms with Crippen molar-refractivity contribution in [1.29, 1.82) is 0 Å². The fourth-order valence-corrected chi connectivity index (χ4v) is 3.25. The number of nitrogens with zero attached hydrogens (tertiary/aromatic N) is 3. The van der Waals surface area contributed by atoms with Crippen LogP contribution >= 0.6 is 0 Å². The van der Waals surface area contributed by atoms with Gasteiger partial charge in [-0.3, -0.25) is 14.2 Å². The number of aromatic nitrogens is 4. The van der Waals surface area contributed by atoms with Gasteiger partial charge in [0.2, 0.25) is 5.91 Å². The Bertz CT molecular complexity index is 1180. The molecule has 28 heavy (non-hydrogen) atoms. The molecule has 2 N–H and O–H groups in total. The van der Waals surface area contributed by atoms with Crippen molar-refractivity contribution >= 4 is 27.8 Å². The number of para-hydroxylation sites is 3. The molecule has 0 aliphatic carbocycles. The van der Waals surface area contributed by atoms with Gasteiger partial charge in [0.1, 0.15) is 5.82 Å². The predicted octanol–water partition coefficient (Wildman–Crippen LogP) is 2.33. The second kappa shape index (κ2) is 7.64. The van der Waals surface area contributed by atoms with E-state index in [1.807, 2.05) is 43.3 Å². The van der Waals surface area contributed by atoms with Crippen LogP contribution < -0.4 is 10.9 Å². The number of amides is 1. The zero-order valence-corrected chi connectivity index (χ0v) is 15.6. The molecule has 0 fully saturated rings. The average molecular weight is 375 g/mol. The van der Waals surface area contributed by atoms with Crippen LogP contribution in [0.2, 0.25) is 0 Å². The van der Waals surface area contributed by atoms with Crippen LogP contribution in [0.1, 0.15) is 17.8 Å². The number of carbonyl (C=O) groups is 1. The summed E-state index contributed by atoms with van der Waals surface area (Å²) in [7, 11) is 0. The summed E-state index contributed by atoms with van der Waals surface area (Å²) in [5, 5.41) is 3.45. The molecule has 2 aromatic heterocycles. The third kappa shape index (κ3) is 3.64. The minimum absolute atomic E-state index is 0.104. The number of rotatable bonds is 6. The summed E-state index contributed by atoms with van der Waals surface area (Å²) in [5.74, 6) is 0.735. The van der Waals surface area contributed by atoms with Gasteiger partial charge in [0.15, 0.2) is 0 Å². The molecule has 7 heteroatoms. The zero-order chi connectivity index (χ0) is 19.5. The molecule has 142 valence electrons. The lowest BCUT2D eigenvalue weighted by Gasteiger charge is -2.08. The molecule has 0 atom stereocenters. The van der Waals surface area contributed by atoms with E-state index >= 15 is 0 Å². The third-order valence-electron chi connectivity index (χ3n) is 4.76. The van der Waals surface area contributed by atoms with Crippen molar-refractivity contribution in [3.05, 3.63) is 70.5 Å². The van der Waals surface area contributed by atoms with Crippen molar-refractivity contribution in [2.75, 3.05) is 6.54 Å². The Morgan fingerprint density at radius 3 is 2.89 bits per heavy atom. The van der Waals surface area contributed by atoms with Gasteiger partial charge >= 0.3 is 0 Å². The van der Waals surface area contributed by atoms with Crippen LogP contribution in [0.15, 0.2) is 53.6 Å². The third-order valence-corrected chi connectivity index (χ3v) is 4.76. The minimum atomic E-state index is -0.122. The first kappa shape index (κ1) is 17.9. The van der Waals surface area contributed by atoms with E-state index in [1.54, 1.807) is 6.07 Å². The Morgan fingerprint density at radius 1 is 1.18 bits per heavy atom. The molecule has 7 nitrogen and oxygen atoms in total. The van der Waals surface area contributed by atoms with Gasteiger partial charge < -0.3 is 10.3 Å². The maximum atomic E-state index is 12.6. The molecule has 0 aliphatic rings. The highest BCUT2D eigenvalue weighted by atomic mass is 16.1. The van der Waals surface area contributed by atoms with Gasteiger partial charge in [-0.2, -0.15) is 0 Å². The molecule has 0 saturated carbocycles. The predicted molar refractivity (Wildman–Crippen MR) is 108 cm³/mol. The number of hydrogen-bond acceptors (Lipinski definition) is 4. The molecule has 0 unspecified atom stereocenters. The van der Waals surface area contributed by atoms with Gasteiger partial charge in [-0.05, 0) is 30.7 Å². The van der Waals surface area contributed by atoms with Crippen LogP contribution in [-0.2, 0) is 17.8 Å². The molecule has 2 heterocycles. The van der Waals surface area contributed by atoms with Gasteiger partial charge in [-0.25, -0.2) is 9.97 Å². The summed E-state index contributed by atoms with van der Waals surface area (Å²) in [6.45, 7) is 2.71. The first-order valence-electron chi connectivity index (χ1n) is 9.27. The molecular formula is C21H21N5O2. The van der Waals surface area contributed by atoms with E-state index in [0.717, 1.165) is 22.4 Å². The van der Waals surface area contributed by atoms with Crippen LogP contribution in [-0.4, -0.2) is 32.0 Å². The van der Waals surface area contributed by atoms with E-state index in [0.29, 0.717) is 30.4 Å². The summed E-state index contributed by atoms with van der Waals surface area (Å²) in [6.07, 6.45) is 2.36. The molecule has 0 radical (unpaired) electrons. The first-order chi connectivity index (χ1) is 13.6. The van der Waals surface area contributed by atoms with E-state index in [9.17, 15) is 9.59 Å². The molecule has 2 aromatic carbocycles. The van der Waals surface area contributed by atoms with E-state index in [2.05, 4.69) is 20.3 Å². The molecule has 0 bridgehead atoms. The van der Waals surface area contributed by atoms with Crippen LogP contribution in [0.3, 0.4) is 0 Å². The Balaban J connectivity index is 1.32. The zero-order valence-electron chi connectivity index (χ0n) is 15.6. The largest absolute Gasteiger partial charge is 0.356 e. The number of carbonyl (C=O) groups excluding carboxylic acids is 1. The van der Waals surface area contributed by atoms with Gasteiger partial charge in [0.25, 0.3) is 5.56 Å². The number of aromatic amines is 1. The lowest BCUT2D eigenvalue weighted by molar-refractivity contribution is -0.121. The fourth-order valence-electron chi connectivity index (χ4n) is 3.25. The monoisotopic (exact) mass is 375 g/mol. The van der Waals surface area contributed by atoms with Crippen molar-refractivity contribution in [2.24, 2.45) is 0 Å². The first-order valence-corrected chi connectivity index (χ1v) is 9.27. The van der Waals surface area contributed by atoms with Crippen molar-refractivity contribution in [3.8, 4) is 0 Å². The summed E-state index contributed by atoms with van der Waals surface area (Å²) in [6, 6.07) is 13.4. The minimum Gasteiger partial charge on any atom is -0.356 e. The quantitative estimate of drug-likeness (QED) is 0.541. The number of hydrogen-bond donors (Lipinski definition) is 2. The van der Waals surface area contributed by atoms with Crippen molar-refractivity contribution in [2.45, 2.75) is 26.3 Å². The molecule has 4 rings (SSSR count). The van der Waals surface area contributed by atoms with E-state index in [4.69, 9.17) is 0 Å². The number of benzene rings is 2. The molecule has 4 aromatic rings. The fraction of sp³-hybridized carbons (Fsp3) is 0.238. The number of imidazole rings is 1. The summed E-state index contributed by atoms with van der Waals surface area (Å²) >= 11 is 0. The van der Waals surface area contributed by atoms with E-state index < -0.39 is 0 Å². The van der Waals surface area contributed by atoms with Crippen LogP contribution in [0.4, 0.5) is 0 Å². The van der Waals surface area contributed by atoms with E-state index in [1.165, 1.54) is 10.9 Å². The number of H-pyrrole nitrogens is 1. The van der Waals surface area contributed by atoms with Crippen molar-refractivity contribution in [1.82, 2.24) is 24.8 Å². The molecule has 0 spiro atoms. The van der Waals surface area contributed by atoms with Gasteiger partial charge in [0, 0.05) is 25.9 Å². The van der Waals surface area contributed by atoms with Gasteiger partial charge in [-0.1, -0.05) is 24.3 Å². The summed E-state index contributed by atoms with van der Waals surface area (Å²) in [4.78, 5) is 36.8. The average Bonchev–Trinajstić information content (AvgIpc) is 3.11. The standard InChI is InChI=1S/C21H21N5O2/c1-14-5-4-6-15-20(14)23-13-26(21(15)28)12-10-19(27)22-11-9-18-24-16-7-2-3-8-17(16)25-18/h2-8,13H,9-12H2,1H3,(H,22,27)(H,24,25). The van der Waals surface area contributed by atoms with Crippen molar-refractivity contribution in [3.63, 3.8) is 0 Å². The Hall–Kier alpha value is -3.48. The Labute approximate surface area is 161 Å². The lowest BCUT2D eigenvalue weighted by atomic mass is 10.1. The van der Waals surface area contributed by atoms with Crippen LogP contribution in [0, 0.1) is 6.92 Å². The number of nitrogens with one attached hydrogen (secondary N) is 2. The SMILES string of the molecule is Cc1cccc2c(=O)n(CCC(=O)NCCc3nc4ccccc4[nH]3)cnc12. The highest BCUT2D eigenvalue weighted by Crippen LogP contribution is 2.11. The highest BCUT2D eigenvalue weighted by Gasteiger charge is 2.08. The van der Waals surface area contributed by atoms with Crippen molar-refractivity contribution < 1.29 is 4.79 Å². The maximum Gasteiger partial charge on any atom is 0.261 e. The van der Waals surface area contributed by atoms with Crippen LogP contribution in [0.25, 0.3) is 21.9 Å². The molecule has 0 saturated heterocycles. The lowest BCUT2D eigenvalue weighted by Crippen LogP contribution is -2.29. The summed E-state index contributed by atoms with van der Waals surface area (Å²) < 4.78 is 1.49. The normalized spacial score (nSPS) is 11.2. The smallest absolute Gasteiger partial charge is 0.261 e. The second-order valence-corrected chi connectivity index (χ2v) is 6.76. The Morgan fingerprint density at radius 2 is 2.04 bits per heavy atom. The molecule has 1 amide bonds. The Kier molecular flexibility index (Phi) is 4.89. The second-order valence-electron chi connectivity index (χ2n) is 6.76. The topological polar surface area (TPSA) is 92.7 Å². The van der Waals surface area contributed by atoms with Gasteiger partial charge in [-0.15, -0.1) is 0 Å². The number of fused-ring (bicyclic) bond motifs is 2. The highest BCUT2D eigenvalue weighted by molar-refractivity contribution is 5.80. The van der Waals surface area contributed by atoms with Crippen LogP contribution in [0.5, 0.6) is 0 Å². The molecule has 0 aliphatic heterocycles. The number of aryl methyl sites for hydroxylation is 2. The molecular weight excluding hydrogens is 354 g/mol. The van der Waals surface area contributed by atoms with Gasteiger partial charge in [0.05, 0.1) is 28.3 Å². The van der Waals surface area contributed by atoms with E-state index in [-0.39, 0.29) is 17.9 Å². The summed E-state index contributed by atoms with van der Waals surface area (Å²) in [5.41, 5.74) is 3.46.